The zero-order chi connectivity index (χ0) is 14.3. The van der Waals surface area contributed by atoms with E-state index in [0.29, 0.717) is 0 Å². The molecule has 0 heterocycles. The van der Waals surface area contributed by atoms with Crippen molar-refractivity contribution in [3.63, 3.8) is 0 Å². The maximum absolute atomic E-state index is 10.7. The molecule has 4 atom stereocenters. The van der Waals surface area contributed by atoms with Crippen molar-refractivity contribution in [2.45, 2.75) is 49.7 Å². The molecule has 0 spiro atoms. The van der Waals surface area contributed by atoms with Gasteiger partial charge in [-0.15, -0.1) is 0 Å². The number of hydrogen-bond acceptors (Lipinski definition) is 2. The van der Waals surface area contributed by atoms with Crippen LogP contribution in [0.1, 0.15) is 44.1 Å². The van der Waals surface area contributed by atoms with Crippen molar-refractivity contribution < 1.29 is 5.11 Å². The fourth-order valence-electron chi connectivity index (χ4n) is 5.46. The number of aliphatic hydroxyl groups is 1. The summed E-state index contributed by atoms with van der Waals surface area (Å²) < 4.78 is 0. The van der Waals surface area contributed by atoms with E-state index >= 15 is 0 Å². The summed E-state index contributed by atoms with van der Waals surface area (Å²) in [6.45, 7) is 0.907. The van der Waals surface area contributed by atoms with Gasteiger partial charge in [-0.1, -0.05) is 42.5 Å². The van der Waals surface area contributed by atoms with Crippen LogP contribution >= 0.6 is 0 Å². The van der Waals surface area contributed by atoms with E-state index in [-0.39, 0.29) is 11.1 Å². The van der Waals surface area contributed by atoms with Crippen LogP contribution in [0.4, 0.5) is 0 Å². The molecule has 2 nitrogen and oxygen atoms in total. The van der Waals surface area contributed by atoms with Gasteiger partial charge >= 0.3 is 0 Å². The third-order valence-corrected chi connectivity index (χ3v) is 5.73. The molecule has 112 valence electrons. The Hall–Kier alpha value is -1.12. The number of benzene rings is 1. The van der Waals surface area contributed by atoms with Gasteiger partial charge in [0, 0.05) is 12.1 Å². The van der Waals surface area contributed by atoms with Crippen molar-refractivity contribution in [2.75, 3.05) is 6.54 Å². The highest BCUT2D eigenvalue weighted by atomic mass is 16.3. The average Bonchev–Trinajstić information content (AvgIpc) is 2.42. The lowest BCUT2D eigenvalue weighted by molar-refractivity contribution is -0.141. The molecule has 4 aliphatic rings. The quantitative estimate of drug-likeness (QED) is 0.888. The summed E-state index contributed by atoms with van der Waals surface area (Å²) in [6.07, 6.45) is 11.4. The Labute approximate surface area is 127 Å². The van der Waals surface area contributed by atoms with Crippen molar-refractivity contribution in [3.8, 4) is 0 Å². The molecule has 5 rings (SSSR count). The molecular formula is C19H25NO. The van der Waals surface area contributed by atoms with Crippen LogP contribution in [0.25, 0.3) is 6.08 Å². The molecule has 1 aromatic rings. The van der Waals surface area contributed by atoms with Gasteiger partial charge in [0.25, 0.3) is 0 Å². The van der Waals surface area contributed by atoms with Gasteiger partial charge in [-0.3, -0.25) is 0 Å². The standard InChI is InChI=1S/C19H25NO/c21-19-12-16-9-17(13-19)11-18(10-16,14-19)20-8-4-7-15-5-2-1-3-6-15/h1-7,16-17,20-21H,8-14H2/b7-4+/t16-,17+,18?,19?. The van der Waals surface area contributed by atoms with Crippen LogP contribution in [-0.4, -0.2) is 22.8 Å². The van der Waals surface area contributed by atoms with Gasteiger partial charge in [0.2, 0.25) is 0 Å². The maximum atomic E-state index is 10.7. The highest BCUT2D eigenvalue weighted by molar-refractivity contribution is 5.48. The zero-order valence-corrected chi connectivity index (χ0v) is 12.6. The summed E-state index contributed by atoms with van der Waals surface area (Å²) >= 11 is 0. The van der Waals surface area contributed by atoms with E-state index in [1.54, 1.807) is 0 Å². The third kappa shape index (κ3) is 2.67. The lowest BCUT2D eigenvalue weighted by Crippen LogP contribution is -2.64. The predicted molar refractivity (Wildman–Crippen MR) is 85.8 cm³/mol. The summed E-state index contributed by atoms with van der Waals surface area (Å²) in [5.41, 5.74) is 1.10. The molecule has 0 amide bonds. The van der Waals surface area contributed by atoms with Gasteiger partial charge in [0.05, 0.1) is 5.60 Å². The first-order valence-corrected chi connectivity index (χ1v) is 8.34. The molecular weight excluding hydrogens is 258 g/mol. The second-order valence-corrected chi connectivity index (χ2v) is 7.66. The monoisotopic (exact) mass is 283 g/mol. The average molecular weight is 283 g/mol. The minimum atomic E-state index is -0.361. The first-order chi connectivity index (χ1) is 10.1. The molecule has 4 aliphatic carbocycles. The fourth-order valence-corrected chi connectivity index (χ4v) is 5.46. The van der Waals surface area contributed by atoms with Gasteiger partial charge in [-0.2, -0.15) is 0 Å². The van der Waals surface area contributed by atoms with Gasteiger partial charge in [-0.05, 0) is 55.9 Å². The summed E-state index contributed by atoms with van der Waals surface area (Å²) in [5.74, 6) is 1.50. The molecule has 0 aromatic heterocycles. The van der Waals surface area contributed by atoms with Crippen molar-refractivity contribution >= 4 is 6.08 Å². The first kappa shape index (κ1) is 13.5. The molecule has 2 unspecified atom stereocenters. The van der Waals surface area contributed by atoms with E-state index in [0.717, 1.165) is 37.6 Å². The van der Waals surface area contributed by atoms with Crippen LogP contribution in [-0.2, 0) is 0 Å². The predicted octanol–water partition coefficient (Wildman–Crippen LogP) is 3.37. The van der Waals surface area contributed by atoms with Crippen molar-refractivity contribution in [1.29, 1.82) is 0 Å². The summed E-state index contributed by atoms with van der Waals surface area (Å²) in [5, 5.41) is 14.5. The van der Waals surface area contributed by atoms with Crippen molar-refractivity contribution in [3.05, 3.63) is 42.0 Å². The Morgan fingerprint density at radius 3 is 2.48 bits per heavy atom. The van der Waals surface area contributed by atoms with E-state index in [9.17, 15) is 5.11 Å². The smallest absolute Gasteiger partial charge is 0.0670 e. The highest BCUT2D eigenvalue weighted by Crippen LogP contribution is 2.57. The SMILES string of the molecule is OC12C[C@H]3C[C@@H](C1)CC(NC/C=C/c1ccccc1)(C3)C2. The van der Waals surface area contributed by atoms with Crippen molar-refractivity contribution in [2.24, 2.45) is 11.8 Å². The molecule has 0 aliphatic heterocycles. The molecule has 2 N–H and O–H groups in total. The lowest BCUT2D eigenvalue weighted by Gasteiger charge is -2.60. The maximum Gasteiger partial charge on any atom is 0.0670 e. The van der Waals surface area contributed by atoms with Gasteiger partial charge in [-0.25, -0.2) is 0 Å². The summed E-state index contributed by atoms with van der Waals surface area (Å²) in [6, 6.07) is 10.4. The minimum Gasteiger partial charge on any atom is -0.390 e. The summed E-state index contributed by atoms with van der Waals surface area (Å²) in [7, 11) is 0. The molecule has 1 aromatic carbocycles. The largest absolute Gasteiger partial charge is 0.390 e. The van der Waals surface area contributed by atoms with E-state index < -0.39 is 0 Å². The van der Waals surface area contributed by atoms with Crippen LogP contribution in [0.5, 0.6) is 0 Å². The Balaban J connectivity index is 1.40. The Morgan fingerprint density at radius 1 is 1.10 bits per heavy atom. The Morgan fingerprint density at radius 2 is 1.81 bits per heavy atom. The second-order valence-electron chi connectivity index (χ2n) is 7.66. The molecule has 0 saturated heterocycles. The molecule has 21 heavy (non-hydrogen) atoms. The number of nitrogens with one attached hydrogen (secondary N) is 1. The van der Waals surface area contributed by atoms with Crippen LogP contribution in [0.2, 0.25) is 0 Å². The molecule has 0 radical (unpaired) electrons. The topological polar surface area (TPSA) is 32.3 Å². The molecule has 4 fully saturated rings. The molecule has 4 saturated carbocycles. The third-order valence-electron chi connectivity index (χ3n) is 5.73. The Kier molecular flexibility index (Phi) is 3.20. The lowest BCUT2D eigenvalue weighted by atomic mass is 9.51. The minimum absolute atomic E-state index is 0.208. The van der Waals surface area contributed by atoms with Crippen LogP contribution in [0.3, 0.4) is 0 Å². The Bertz CT molecular complexity index is 522. The van der Waals surface area contributed by atoms with Crippen LogP contribution in [0.15, 0.2) is 36.4 Å². The van der Waals surface area contributed by atoms with Gasteiger partial charge < -0.3 is 10.4 Å². The van der Waals surface area contributed by atoms with E-state index in [1.807, 2.05) is 6.07 Å². The number of rotatable bonds is 4. The van der Waals surface area contributed by atoms with Crippen LogP contribution in [0, 0.1) is 11.8 Å². The van der Waals surface area contributed by atoms with Crippen LogP contribution < -0.4 is 5.32 Å². The highest BCUT2D eigenvalue weighted by Gasteiger charge is 2.56. The molecule has 4 bridgehead atoms. The fraction of sp³-hybridized carbons (Fsp3) is 0.579. The molecule has 2 heteroatoms. The van der Waals surface area contributed by atoms with Gasteiger partial charge in [0.15, 0.2) is 0 Å². The number of hydrogen-bond donors (Lipinski definition) is 2. The summed E-state index contributed by atoms with van der Waals surface area (Å²) in [4.78, 5) is 0. The first-order valence-electron chi connectivity index (χ1n) is 8.34. The van der Waals surface area contributed by atoms with E-state index in [2.05, 4.69) is 41.7 Å². The van der Waals surface area contributed by atoms with E-state index in [1.165, 1.54) is 24.8 Å². The van der Waals surface area contributed by atoms with E-state index in [4.69, 9.17) is 0 Å². The van der Waals surface area contributed by atoms with Crippen molar-refractivity contribution in [1.82, 2.24) is 5.32 Å². The van der Waals surface area contributed by atoms with Gasteiger partial charge in [0.1, 0.15) is 0 Å². The second kappa shape index (κ2) is 4.96. The normalized spacial score (nSPS) is 41.0. The zero-order valence-electron chi connectivity index (χ0n) is 12.6.